The van der Waals surface area contributed by atoms with E-state index in [9.17, 15) is 27.1 Å². The fourth-order valence-corrected chi connectivity index (χ4v) is 6.49. The maximum atomic E-state index is 13.5. The number of carbonyl (C=O) groups excluding carboxylic acids is 2. The molecule has 1 amide bonds. The Kier molecular flexibility index (Phi) is 7.50. The van der Waals surface area contributed by atoms with Crippen LogP contribution in [0.4, 0.5) is 0 Å². The Morgan fingerprint density at radius 2 is 1.66 bits per heavy atom. The van der Waals surface area contributed by atoms with E-state index in [4.69, 9.17) is 9.47 Å². The molecule has 2 aliphatic rings. The van der Waals surface area contributed by atoms with Crippen molar-refractivity contribution in [1.29, 1.82) is 0 Å². The average molecular weight is 526 g/mol. The van der Waals surface area contributed by atoms with Crippen LogP contribution in [0.15, 0.2) is 52.3 Å². The zero-order chi connectivity index (χ0) is 25.2. The number of nitrogens with zero attached hydrogens (tertiary/aromatic N) is 1. The maximum absolute atomic E-state index is 13.5. The predicted molar refractivity (Wildman–Crippen MR) is 127 cm³/mol. The maximum Gasteiger partial charge on any atom is 0.337 e. The van der Waals surface area contributed by atoms with E-state index in [-0.39, 0.29) is 45.5 Å². The number of esters is 1. The van der Waals surface area contributed by atoms with Gasteiger partial charge in [0.2, 0.25) is 9.84 Å². The van der Waals surface area contributed by atoms with E-state index in [2.05, 4.69) is 4.74 Å². The number of carbonyl (C=O) groups is 2. The minimum Gasteiger partial charge on any atom is -0.465 e. The standard InChI is InChI=1S/C23H27NO9S2/c1-31-22(26)16-4-2-5-19(13-16)35(29,30)20-14-17(12-18(15-20)23-32-8-3-9-33-23)21(25)24-6-10-34(27,28)11-7-24/h2,4-5,12-15,23,27-28H,3,6-11H2,1H3. The Bertz CT molecular complexity index is 1210. The van der Waals surface area contributed by atoms with Crippen molar-refractivity contribution in [3.05, 3.63) is 59.2 Å². The van der Waals surface area contributed by atoms with Crippen LogP contribution in [0.25, 0.3) is 0 Å². The first kappa shape index (κ1) is 25.6. The summed E-state index contributed by atoms with van der Waals surface area (Å²) in [5, 5.41) is 0. The van der Waals surface area contributed by atoms with Crippen molar-refractivity contribution in [1.82, 2.24) is 4.90 Å². The van der Waals surface area contributed by atoms with Gasteiger partial charge in [0, 0.05) is 24.2 Å². The van der Waals surface area contributed by atoms with Gasteiger partial charge in [-0.15, -0.1) is 0 Å². The molecule has 0 bridgehead atoms. The van der Waals surface area contributed by atoms with E-state index in [1.165, 1.54) is 54.5 Å². The Hall–Kier alpha value is -2.48. The molecule has 2 fully saturated rings. The van der Waals surface area contributed by atoms with Crippen molar-refractivity contribution < 1.29 is 41.3 Å². The highest BCUT2D eigenvalue weighted by Crippen LogP contribution is 2.40. The van der Waals surface area contributed by atoms with E-state index in [1.807, 2.05) is 0 Å². The Labute approximate surface area is 205 Å². The fourth-order valence-electron chi connectivity index (χ4n) is 3.87. The summed E-state index contributed by atoms with van der Waals surface area (Å²) in [5.41, 5.74) is 0.563. The Morgan fingerprint density at radius 3 is 2.31 bits per heavy atom. The molecule has 4 rings (SSSR count). The number of rotatable bonds is 5. The third-order valence-corrected chi connectivity index (χ3v) is 9.22. The van der Waals surface area contributed by atoms with Crippen LogP contribution in [0, 0.1) is 0 Å². The molecule has 10 nitrogen and oxygen atoms in total. The predicted octanol–water partition coefficient (Wildman–Crippen LogP) is 2.95. The third kappa shape index (κ3) is 5.68. The van der Waals surface area contributed by atoms with Crippen molar-refractivity contribution in [3.8, 4) is 0 Å². The number of benzene rings is 2. The highest BCUT2D eigenvalue weighted by Gasteiger charge is 2.29. The van der Waals surface area contributed by atoms with E-state index >= 15 is 0 Å². The first-order chi connectivity index (χ1) is 16.6. The molecule has 0 atom stereocenters. The van der Waals surface area contributed by atoms with Gasteiger partial charge in [-0.25, -0.2) is 13.2 Å². The molecule has 2 N–H and O–H groups in total. The normalized spacial score (nSPS) is 19.7. The number of hydrogen-bond donors (Lipinski definition) is 2. The molecule has 2 saturated heterocycles. The van der Waals surface area contributed by atoms with E-state index in [1.54, 1.807) is 0 Å². The summed E-state index contributed by atoms with van der Waals surface area (Å²) in [7, 11) is -5.64. The first-order valence-electron chi connectivity index (χ1n) is 11.0. The molecule has 2 aromatic rings. The van der Waals surface area contributed by atoms with Gasteiger partial charge in [-0.1, -0.05) is 6.07 Å². The summed E-state index contributed by atoms with van der Waals surface area (Å²) in [6, 6.07) is 9.68. The largest absolute Gasteiger partial charge is 0.465 e. The molecule has 0 saturated carbocycles. The molecule has 190 valence electrons. The number of amides is 1. The molecule has 2 aromatic carbocycles. The van der Waals surface area contributed by atoms with Crippen LogP contribution in [-0.2, 0) is 24.0 Å². The second-order valence-electron chi connectivity index (χ2n) is 8.24. The first-order valence-corrected chi connectivity index (χ1v) is 14.3. The summed E-state index contributed by atoms with van der Waals surface area (Å²) >= 11 is 0. The third-order valence-electron chi connectivity index (χ3n) is 5.81. The number of sulfone groups is 1. The second-order valence-corrected chi connectivity index (χ2v) is 12.6. The minimum atomic E-state index is -4.14. The Balaban J connectivity index is 1.75. The zero-order valence-corrected chi connectivity index (χ0v) is 20.7. The van der Waals surface area contributed by atoms with Gasteiger partial charge in [-0.2, -0.15) is 10.6 Å². The van der Waals surface area contributed by atoms with Gasteiger partial charge >= 0.3 is 5.97 Å². The van der Waals surface area contributed by atoms with Crippen LogP contribution in [0.3, 0.4) is 0 Å². The monoisotopic (exact) mass is 525 g/mol. The molecule has 0 aromatic heterocycles. The van der Waals surface area contributed by atoms with Crippen molar-refractivity contribution in [2.24, 2.45) is 0 Å². The summed E-state index contributed by atoms with van der Waals surface area (Å²) in [6.45, 7) is 1.14. The highest BCUT2D eigenvalue weighted by atomic mass is 32.3. The van der Waals surface area contributed by atoms with Crippen molar-refractivity contribution in [3.63, 3.8) is 0 Å². The van der Waals surface area contributed by atoms with Gasteiger partial charge in [0.05, 0.1) is 47.2 Å². The lowest BCUT2D eigenvalue weighted by atomic mass is 10.1. The second kappa shape index (κ2) is 10.2. The lowest BCUT2D eigenvalue weighted by molar-refractivity contribution is -0.183. The van der Waals surface area contributed by atoms with Crippen LogP contribution in [0.1, 0.15) is 39.0 Å². The molecule has 0 unspecified atom stereocenters. The van der Waals surface area contributed by atoms with Gasteiger partial charge in [0.25, 0.3) is 5.91 Å². The highest BCUT2D eigenvalue weighted by molar-refractivity contribution is 8.24. The van der Waals surface area contributed by atoms with Gasteiger partial charge in [-0.05, 0) is 42.8 Å². The van der Waals surface area contributed by atoms with Crippen LogP contribution in [0.2, 0.25) is 0 Å². The quantitative estimate of drug-likeness (QED) is 0.564. The van der Waals surface area contributed by atoms with Crippen LogP contribution >= 0.6 is 10.6 Å². The SMILES string of the molecule is COC(=O)c1cccc(S(=O)(=O)c2cc(C(=O)N3CCS(O)(O)CC3)cc(C3OCCCO3)c2)c1. The van der Waals surface area contributed by atoms with E-state index in [0.29, 0.717) is 25.2 Å². The molecular formula is C23H27NO9S2. The average Bonchev–Trinajstić information content (AvgIpc) is 2.88. The lowest BCUT2D eigenvalue weighted by Gasteiger charge is -2.41. The van der Waals surface area contributed by atoms with E-state index in [0.717, 1.165) is 0 Å². The van der Waals surface area contributed by atoms with E-state index < -0.39 is 38.6 Å². The molecule has 2 aliphatic heterocycles. The molecule has 2 heterocycles. The molecule has 35 heavy (non-hydrogen) atoms. The van der Waals surface area contributed by atoms with Crippen LogP contribution < -0.4 is 0 Å². The topological polar surface area (TPSA) is 140 Å². The molecule has 12 heteroatoms. The smallest absolute Gasteiger partial charge is 0.337 e. The van der Waals surface area contributed by atoms with Crippen LogP contribution in [-0.4, -0.2) is 79.2 Å². The number of methoxy groups -OCH3 is 1. The van der Waals surface area contributed by atoms with Gasteiger partial charge in [-0.3, -0.25) is 13.9 Å². The number of hydrogen-bond acceptors (Lipinski definition) is 9. The summed E-state index contributed by atoms with van der Waals surface area (Å²) in [4.78, 5) is 26.4. The number of ether oxygens (including phenoxy) is 3. The van der Waals surface area contributed by atoms with Gasteiger partial charge < -0.3 is 19.1 Å². The van der Waals surface area contributed by atoms with Crippen molar-refractivity contribution >= 4 is 32.3 Å². The van der Waals surface area contributed by atoms with Gasteiger partial charge in [0.1, 0.15) is 0 Å². The zero-order valence-electron chi connectivity index (χ0n) is 19.1. The van der Waals surface area contributed by atoms with Crippen LogP contribution in [0.5, 0.6) is 0 Å². The molecular weight excluding hydrogens is 498 g/mol. The van der Waals surface area contributed by atoms with Crippen molar-refractivity contribution in [2.45, 2.75) is 22.5 Å². The molecule has 0 spiro atoms. The lowest BCUT2D eigenvalue weighted by Crippen LogP contribution is -2.42. The Morgan fingerprint density at radius 1 is 1.00 bits per heavy atom. The summed E-state index contributed by atoms with van der Waals surface area (Å²) < 4.78 is 62.8. The molecule has 0 radical (unpaired) electrons. The molecule has 0 aliphatic carbocycles. The fraction of sp³-hybridized carbons (Fsp3) is 0.391. The summed E-state index contributed by atoms with van der Waals surface area (Å²) in [6.07, 6.45) is -0.138. The van der Waals surface area contributed by atoms with Gasteiger partial charge in [0.15, 0.2) is 6.29 Å². The summed E-state index contributed by atoms with van der Waals surface area (Å²) in [5.74, 6) is -0.971. The minimum absolute atomic E-state index is 0.0682. The van der Waals surface area contributed by atoms with Crippen molar-refractivity contribution in [2.75, 3.05) is 44.9 Å².